The molecule has 1 aliphatic heterocycles. The summed E-state index contributed by atoms with van der Waals surface area (Å²) in [5.41, 5.74) is 0.213. The van der Waals surface area contributed by atoms with Crippen molar-refractivity contribution >= 4 is 39.8 Å². The summed E-state index contributed by atoms with van der Waals surface area (Å²) in [5, 5.41) is 5.56. The largest absolute Gasteiger partial charge is 0.424 e. The van der Waals surface area contributed by atoms with Crippen molar-refractivity contribution in [2.45, 2.75) is 19.0 Å². The van der Waals surface area contributed by atoms with Crippen LogP contribution in [0.1, 0.15) is 18.4 Å². The Kier molecular flexibility index (Phi) is 7.65. The lowest BCUT2D eigenvalue weighted by atomic mass is 10.2. The zero-order valence-corrected chi connectivity index (χ0v) is 23.7. The number of alkyl halides is 3. The van der Waals surface area contributed by atoms with E-state index >= 15 is 0 Å². The highest BCUT2D eigenvalue weighted by molar-refractivity contribution is 7.19. The van der Waals surface area contributed by atoms with E-state index in [0.717, 1.165) is 22.9 Å². The average molecular weight is 622 g/mol. The van der Waals surface area contributed by atoms with Crippen molar-refractivity contribution in [3.05, 3.63) is 73.2 Å². The fourth-order valence-electron chi connectivity index (χ4n) is 4.34. The maximum absolute atomic E-state index is 13.3. The second-order valence-corrected chi connectivity index (χ2v) is 10.7. The van der Waals surface area contributed by atoms with Gasteiger partial charge in [0.25, 0.3) is 0 Å². The van der Waals surface area contributed by atoms with Gasteiger partial charge in [-0.25, -0.2) is 24.7 Å². The molecule has 6 rings (SSSR count). The number of amides is 3. The van der Waals surface area contributed by atoms with Crippen molar-refractivity contribution in [2.24, 2.45) is 7.05 Å². The van der Waals surface area contributed by atoms with Gasteiger partial charge >= 0.3 is 18.2 Å². The van der Waals surface area contributed by atoms with Crippen LogP contribution in [0.15, 0.2) is 67.6 Å². The maximum atomic E-state index is 13.3. The number of ether oxygens (including phenoxy) is 1. The molecule has 0 saturated carbocycles. The van der Waals surface area contributed by atoms with E-state index in [1.165, 1.54) is 30.1 Å². The highest BCUT2D eigenvalue weighted by Gasteiger charge is 2.32. The molecule has 224 valence electrons. The van der Waals surface area contributed by atoms with Gasteiger partial charge in [0.15, 0.2) is 5.13 Å². The molecule has 0 atom stereocenters. The molecule has 2 N–H and O–H groups in total. The highest BCUT2D eigenvalue weighted by Crippen LogP contribution is 2.35. The Morgan fingerprint density at radius 2 is 1.77 bits per heavy atom. The second kappa shape index (κ2) is 11.7. The number of rotatable bonds is 7. The summed E-state index contributed by atoms with van der Waals surface area (Å²) in [6, 6.07) is 7.13. The van der Waals surface area contributed by atoms with Gasteiger partial charge in [-0.1, -0.05) is 11.3 Å². The molecular formula is C28H22F3N9O3S. The number of urea groups is 1. The Balaban J connectivity index is 1.09. The average Bonchev–Trinajstić information content (AvgIpc) is 3.75. The fourth-order valence-corrected chi connectivity index (χ4v) is 5.30. The summed E-state index contributed by atoms with van der Waals surface area (Å²) in [6.07, 6.45) is 4.73. The standard InChI is InChI=1S/C28H22F3N9O3S/c1-39-14-21(36-15-39)24-20(9-17(10-32-24)28(29,30)31)38-25(42)37-18-11-33-26(34-12-18)43-19-6-4-16(5-7-19)22-13-35-27(44-22)40-8-2-3-23(40)41/h4-7,9-15H,2-3,8H2,1H3,(H2,37,38,42). The predicted molar refractivity (Wildman–Crippen MR) is 155 cm³/mol. The fraction of sp³-hybridized carbons (Fsp3) is 0.179. The number of hydrogen-bond acceptors (Lipinski definition) is 9. The number of aryl methyl sites for hydroxylation is 1. The van der Waals surface area contributed by atoms with Crippen LogP contribution in [0.25, 0.3) is 21.8 Å². The SMILES string of the molecule is Cn1cnc(-c2ncc(C(F)(F)F)cc2NC(=O)Nc2cnc(Oc3ccc(-c4cnc(N5CCCC5=O)s4)cc3)nc2)c1. The molecule has 0 unspecified atom stereocenters. The summed E-state index contributed by atoms with van der Waals surface area (Å²) in [6.45, 7) is 0.678. The van der Waals surface area contributed by atoms with E-state index in [-0.39, 0.29) is 34.7 Å². The van der Waals surface area contributed by atoms with Gasteiger partial charge in [0.2, 0.25) is 5.91 Å². The third-order valence-electron chi connectivity index (χ3n) is 6.44. The number of anilines is 3. The molecule has 0 bridgehead atoms. The Bertz CT molecular complexity index is 1820. The van der Waals surface area contributed by atoms with Crippen molar-refractivity contribution in [3.63, 3.8) is 0 Å². The topological polar surface area (TPSA) is 140 Å². The third-order valence-corrected chi connectivity index (χ3v) is 7.51. The summed E-state index contributed by atoms with van der Waals surface area (Å²) in [4.78, 5) is 47.8. The van der Waals surface area contributed by atoms with Crippen LogP contribution in [0.4, 0.5) is 34.5 Å². The second-order valence-electron chi connectivity index (χ2n) is 9.66. The molecule has 3 amide bonds. The molecule has 1 aromatic carbocycles. The van der Waals surface area contributed by atoms with Crippen molar-refractivity contribution in [2.75, 3.05) is 22.1 Å². The van der Waals surface area contributed by atoms with Gasteiger partial charge in [-0.15, -0.1) is 0 Å². The first-order valence-electron chi connectivity index (χ1n) is 13.1. The Labute approximate surface area is 251 Å². The number of carbonyl (C=O) groups is 2. The number of nitrogens with zero attached hydrogens (tertiary/aromatic N) is 7. The first-order chi connectivity index (χ1) is 21.1. The van der Waals surface area contributed by atoms with Gasteiger partial charge in [-0.3, -0.25) is 14.7 Å². The highest BCUT2D eigenvalue weighted by atomic mass is 32.1. The molecule has 0 aliphatic carbocycles. The van der Waals surface area contributed by atoms with Gasteiger partial charge in [0, 0.05) is 38.6 Å². The van der Waals surface area contributed by atoms with Gasteiger partial charge in [0.1, 0.15) is 17.1 Å². The maximum Gasteiger partial charge on any atom is 0.417 e. The normalized spacial score (nSPS) is 13.3. The number of halogens is 3. The quantitative estimate of drug-likeness (QED) is 0.226. The minimum Gasteiger partial charge on any atom is -0.424 e. The lowest BCUT2D eigenvalue weighted by Crippen LogP contribution is -2.23. The van der Waals surface area contributed by atoms with E-state index in [1.807, 2.05) is 12.1 Å². The number of thiazole rings is 1. The van der Waals surface area contributed by atoms with E-state index in [2.05, 4.69) is 35.6 Å². The Hall–Kier alpha value is -5.38. The number of nitrogens with one attached hydrogen (secondary N) is 2. The smallest absolute Gasteiger partial charge is 0.417 e. The minimum absolute atomic E-state index is 0.0100. The molecule has 12 nitrogen and oxygen atoms in total. The Morgan fingerprint density at radius 3 is 2.43 bits per heavy atom. The number of benzene rings is 1. The first kappa shape index (κ1) is 28.7. The van der Waals surface area contributed by atoms with Gasteiger partial charge in [-0.05, 0) is 42.3 Å². The van der Waals surface area contributed by atoms with E-state index < -0.39 is 17.8 Å². The molecule has 44 heavy (non-hydrogen) atoms. The van der Waals surface area contributed by atoms with Crippen LogP contribution >= 0.6 is 11.3 Å². The number of carbonyl (C=O) groups excluding carboxylic acids is 2. The zero-order valence-electron chi connectivity index (χ0n) is 22.9. The summed E-state index contributed by atoms with van der Waals surface area (Å²) in [7, 11) is 1.70. The third kappa shape index (κ3) is 6.34. The molecule has 16 heteroatoms. The lowest BCUT2D eigenvalue weighted by molar-refractivity contribution is -0.137. The first-order valence-corrected chi connectivity index (χ1v) is 13.9. The van der Waals surface area contributed by atoms with Gasteiger partial charge in [0.05, 0.1) is 40.5 Å². The summed E-state index contributed by atoms with van der Waals surface area (Å²) < 4.78 is 47.3. The van der Waals surface area contributed by atoms with Crippen LogP contribution in [0, 0.1) is 0 Å². The number of hydrogen-bond donors (Lipinski definition) is 2. The molecule has 0 spiro atoms. The van der Waals surface area contributed by atoms with E-state index in [4.69, 9.17) is 4.74 Å². The van der Waals surface area contributed by atoms with Crippen molar-refractivity contribution in [1.82, 2.24) is 29.5 Å². The molecule has 1 fully saturated rings. The molecule has 4 aromatic heterocycles. The van der Waals surface area contributed by atoms with Crippen LogP contribution in [-0.2, 0) is 18.0 Å². The molecule has 0 radical (unpaired) electrons. The molecule has 1 aliphatic rings. The lowest BCUT2D eigenvalue weighted by Gasteiger charge is -2.13. The summed E-state index contributed by atoms with van der Waals surface area (Å²) in [5.74, 6) is 0.546. The Morgan fingerprint density at radius 1 is 1.00 bits per heavy atom. The number of imidazole rings is 1. The van der Waals surface area contributed by atoms with E-state index in [9.17, 15) is 22.8 Å². The van der Waals surface area contributed by atoms with Crippen molar-refractivity contribution in [1.29, 1.82) is 0 Å². The van der Waals surface area contributed by atoms with E-state index in [1.54, 1.807) is 41.0 Å². The zero-order chi connectivity index (χ0) is 30.8. The van der Waals surface area contributed by atoms with Crippen LogP contribution in [0.3, 0.4) is 0 Å². The molecule has 1 saturated heterocycles. The molecular weight excluding hydrogens is 599 g/mol. The monoisotopic (exact) mass is 621 g/mol. The number of pyridine rings is 1. The van der Waals surface area contributed by atoms with E-state index in [0.29, 0.717) is 30.0 Å². The summed E-state index contributed by atoms with van der Waals surface area (Å²) >= 11 is 1.44. The molecule has 5 aromatic rings. The minimum atomic E-state index is -4.66. The van der Waals surface area contributed by atoms with Crippen molar-refractivity contribution < 1.29 is 27.5 Å². The van der Waals surface area contributed by atoms with Crippen LogP contribution < -0.4 is 20.3 Å². The van der Waals surface area contributed by atoms with Gasteiger partial charge in [-0.2, -0.15) is 13.2 Å². The van der Waals surface area contributed by atoms with Crippen molar-refractivity contribution in [3.8, 4) is 33.6 Å². The predicted octanol–water partition coefficient (Wildman–Crippen LogP) is 5.98. The molecule has 5 heterocycles. The number of aromatic nitrogens is 6. The van der Waals surface area contributed by atoms with Crippen LogP contribution in [0.5, 0.6) is 11.8 Å². The van der Waals surface area contributed by atoms with Gasteiger partial charge < -0.3 is 19.9 Å². The van der Waals surface area contributed by atoms with Crippen LogP contribution in [-0.4, -0.2) is 48.0 Å². The van der Waals surface area contributed by atoms with Crippen LogP contribution in [0.2, 0.25) is 0 Å².